The van der Waals surface area contributed by atoms with E-state index >= 15 is 0 Å². The second-order valence-corrected chi connectivity index (χ2v) is 8.47. The molecule has 1 N–H and O–H groups in total. The number of halogens is 2. The zero-order chi connectivity index (χ0) is 25.5. The Labute approximate surface area is 207 Å². The average Bonchev–Trinajstić information content (AvgIpc) is 3.34. The van der Waals surface area contributed by atoms with Gasteiger partial charge in [-0.05, 0) is 36.6 Å². The molecule has 3 aromatic carbocycles. The molecule has 0 atom stereocenters. The first-order chi connectivity index (χ1) is 17.4. The second-order valence-electron chi connectivity index (χ2n) is 8.47. The van der Waals surface area contributed by atoms with Crippen LogP contribution in [-0.4, -0.2) is 28.4 Å². The predicted octanol–water partition coefficient (Wildman–Crippen LogP) is 5.08. The molecule has 1 heterocycles. The lowest BCUT2D eigenvalue weighted by Gasteiger charge is -2.21. The van der Waals surface area contributed by atoms with E-state index in [0.29, 0.717) is 19.0 Å². The zero-order valence-electron chi connectivity index (χ0n) is 19.7. The topological polar surface area (TPSA) is 75.4 Å². The molecule has 184 valence electrons. The van der Waals surface area contributed by atoms with E-state index in [4.69, 9.17) is 4.52 Å². The Bertz CT molecular complexity index is 1320. The lowest BCUT2D eigenvalue weighted by Crippen LogP contribution is -2.32. The van der Waals surface area contributed by atoms with Gasteiger partial charge >= 0.3 is 0 Å². The van der Waals surface area contributed by atoms with Gasteiger partial charge in [0.05, 0.1) is 6.54 Å². The molecule has 0 unspecified atom stereocenters. The average molecular weight is 490 g/mol. The zero-order valence-corrected chi connectivity index (χ0v) is 19.7. The molecule has 0 aliphatic heterocycles. The third-order valence-corrected chi connectivity index (χ3v) is 5.62. The van der Waals surface area contributed by atoms with Gasteiger partial charge in [0.15, 0.2) is 11.5 Å². The van der Waals surface area contributed by atoms with E-state index in [0.717, 1.165) is 28.8 Å². The molecular weight excluding hydrogens is 464 g/mol. The highest BCUT2D eigenvalue weighted by molar-refractivity contribution is 5.94. The van der Waals surface area contributed by atoms with Crippen LogP contribution >= 0.6 is 0 Å². The van der Waals surface area contributed by atoms with Crippen molar-refractivity contribution in [1.82, 2.24) is 15.4 Å². The van der Waals surface area contributed by atoms with Gasteiger partial charge in [0.1, 0.15) is 11.6 Å². The SMILES string of the molecule is Cc1ccc(CNC(=O)c2cc(CN(CCc3ccccc3)C(=O)c3cc(F)cc(F)c3)on2)cc1. The van der Waals surface area contributed by atoms with E-state index in [-0.39, 0.29) is 30.1 Å². The highest BCUT2D eigenvalue weighted by Crippen LogP contribution is 2.16. The first kappa shape index (κ1) is 24.8. The lowest BCUT2D eigenvalue weighted by atomic mass is 10.1. The van der Waals surface area contributed by atoms with Gasteiger partial charge in [0, 0.05) is 30.8 Å². The molecule has 0 saturated heterocycles. The summed E-state index contributed by atoms with van der Waals surface area (Å²) < 4.78 is 32.8. The van der Waals surface area contributed by atoms with Crippen LogP contribution in [0.3, 0.4) is 0 Å². The van der Waals surface area contributed by atoms with Crippen LogP contribution in [0.5, 0.6) is 0 Å². The van der Waals surface area contributed by atoms with Crippen molar-refractivity contribution < 1.29 is 22.9 Å². The van der Waals surface area contributed by atoms with Gasteiger partial charge in [0.25, 0.3) is 11.8 Å². The van der Waals surface area contributed by atoms with Crippen LogP contribution in [0.15, 0.2) is 83.4 Å². The standard InChI is InChI=1S/C28H25F2N3O3/c1-19-7-9-21(10-8-19)17-31-27(34)26-16-25(36-32-26)18-33(12-11-20-5-3-2-4-6-20)28(35)22-13-23(29)15-24(30)14-22/h2-10,13-16H,11-12,17-18H2,1H3,(H,31,34). The van der Waals surface area contributed by atoms with E-state index in [1.165, 1.54) is 11.0 Å². The molecule has 1 aromatic heterocycles. The molecule has 0 spiro atoms. The van der Waals surface area contributed by atoms with Gasteiger partial charge in [-0.15, -0.1) is 0 Å². The summed E-state index contributed by atoms with van der Waals surface area (Å²) in [7, 11) is 0. The second kappa shape index (κ2) is 11.4. The smallest absolute Gasteiger partial charge is 0.273 e. The van der Waals surface area contributed by atoms with Gasteiger partial charge in [-0.2, -0.15) is 0 Å². The van der Waals surface area contributed by atoms with E-state index in [1.807, 2.05) is 61.5 Å². The summed E-state index contributed by atoms with van der Waals surface area (Å²) in [4.78, 5) is 27.1. The minimum absolute atomic E-state index is 0.0258. The van der Waals surface area contributed by atoms with Gasteiger partial charge in [0.2, 0.25) is 0 Å². The fourth-order valence-corrected chi connectivity index (χ4v) is 3.68. The third-order valence-electron chi connectivity index (χ3n) is 5.62. The van der Waals surface area contributed by atoms with Crippen LogP contribution in [0.25, 0.3) is 0 Å². The Kier molecular flexibility index (Phi) is 7.85. The predicted molar refractivity (Wildman–Crippen MR) is 130 cm³/mol. The van der Waals surface area contributed by atoms with E-state index < -0.39 is 23.4 Å². The molecular formula is C28H25F2N3O3. The molecule has 2 amide bonds. The van der Waals surface area contributed by atoms with Gasteiger partial charge < -0.3 is 14.7 Å². The fourth-order valence-electron chi connectivity index (χ4n) is 3.68. The number of amides is 2. The minimum atomic E-state index is -0.839. The van der Waals surface area contributed by atoms with Crippen molar-refractivity contribution in [1.29, 1.82) is 0 Å². The van der Waals surface area contributed by atoms with E-state index in [2.05, 4.69) is 10.5 Å². The maximum Gasteiger partial charge on any atom is 0.273 e. The molecule has 8 heteroatoms. The largest absolute Gasteiger partial charge is 0.359 e. The summed E-state index contributed by atoms with van der Waals surface area (Å²) in [6, 6.07) is 21.4. The van der Waals surface area contributed by atoms with Crippen LogP contribution in [0.4, 0.5) is 8.78 Å². The highest BCUT2D eigenvalue weighted by atomic mass is 19.1. The fraction of sp³-hybridized carbons (Fsp3) is 0.179. The Morgan fingerprint density at radius 1 is 0.917 bits per heavy atom. The van der Waals surface area contributed by atoms with Gasteiger partial charge in [-0.3, -0.25) is 9.59 Å². The van der Waals surface area contributed by atoms with Crippen LogP contribution in [0.1, 0.15) is 43.3 Å². The molecule has 0 fully saturated rings. The maximum atomic E-state index is 13.8. The number of nitrogens with one attached hydrogen (secondary N) is 1. The van der Waals surface area contributed by atoms with Gasteiger partial charge in [-0.25, -0.2) is 8.78 Å². The number of carbonyl (C=O) groups is 2. The number of benzene rings is 3. The minimum Gasteiger partial charge on any atom is -0.359 e. The monoisotopic (exact) mass is 489 g/mol. The highest BCUT2D eigenvalue weighted by Gasteiger charge is 2.21. The lowest BCUT2D eigenvalue weighted by molar-refractivity contribution is 0.0728. The van der Waals surface area contributed by atoms with Crippen molar-refractivity contribution in [3.63, 3.8) is 0 Å². The summed E-state index contributed by atoms with van der Waals surface area (Å²) in [5, 5.41) is 6.61. The Morgan fingerprint density at radius 3 is 2.31 bits per heavy atom. The van der Waals surface area contributed by atoms with E-state index in [9.17, 15) is 18.4 Å². The van der Waals surface area contributed by atoms with Crippen molar-refractivity contribution in [3.05, 3.63) is 124 Å². The Balaban J connectivity index is 1.46. The summed E-state index contributed by atoms with van der Waals surface area (Å²) in [6.45, 7) is 2.55. The van der Waals surface area contributed by atoms with Gasteiger partial charge in [-0.1, -0.05) is 65.3 Å². The summed E-state index contributed by atoms with van der Waals surface area (Å²) in [5.74, 6) is -2.39. The number of hydrogen-bond acceptors (Lipinski definition) is 4. The number of hydrogen-bond donors (Lipinski definition) is 1. The number of aryl methyl sites for hydroxylation is 1. The normalized spacial score (nSPS) is 10.8. The van der Waals surface area contributed by atoms with E-state index in [1.54, 1.807) is 0 Å². The Morgan fingerprint density at radius 2 is 1.61 bits per heavy atom. The molecule has 0 aliphatic rings. The maximum absolute atomic E-state index is 13.8. The number of carbonyl (C=O) groups excluding carboxylic acids is 2. The first-order valence-corrected chi connectivity index (χ1v) is 11.5. The molecule has 0 bridgehead atoms. The summed E-state index contributed by atoms with van der Waals surface area (Å²) >= 11 is 0. The first-order valence-electron chi connectivity index (χ1n) is 11.5. The molecule has 0 aliphatic carbocycles. The number of nitrogens with zero attached hydrogens (tertiary/aromatic N) is 2. The van der Waals surface area contributed by atoms with Crippen molar-refractivity contribution >= 4 is 11.8 Å². The van der Waals surface area contributed by atoms with Crippen LogP contribution < -0.4 is 5.32 Å². The quantitative estimate of drug-likeness (QED) is 0.356. The third kappa shape index (κ3) is 6.63. The van der Waals surface area contributed by atoms with Crippen LogP contribution in [0.2, 0.25) is 0 Å². The molecule has 4 aromatic rings. The molecule has 0 radical (unpaired) electrons. The van der Waals surface area contributed by atoms with Crippen molar-refractivity contribution in [3.8, 4) is 0 Å². The molecule has 36 heavy (non-hydrogen) atoms. The summed E-state index contributed by atoms with van der Waals surface area (Å²) in [6.07, 6.45) is 0.516. The van der Waals surface area contributed by atoms with Crippen LogP contribution in [0, 0.1) is 18.6 Å². The Hall–Kier alpha value is -4.33. The van der Waals surface area contributed by atoms with Crippen molar-refractivity contribution in [2.75, 3.05) is 6.54 Å². The summed E-state index contributed by atoms with van der Waals surface area (Å²) in [5.41, 5.74) is 3.02. The van der Waals surface area contributed by atoms with Crippen LogP contribution in [-0.2, 0) is 19.5 Å². The number of aromatic nitrogens is 1. The molecule has 0 saturated carbocycles. The van der Waals surface area contributed by atoms with Crippen molar-refractivity contribution in [2.45, 2.75) is 26.4 Å². The van der Waals surface area contributed by atoms with Crippen molar-refractivity contribution in [2.24, 2.45) is 0 Å². The molecule has 6 nitrogen and oxygen atoms in total. The molecule has 4 rings (SSSR count). The number of rotatable bonds is 9.